The van der Waals surface area contributed by atoms with Crippen LogP contribution in [0.5, 0.6) is 0 Å². The molecule has 1 atom stereocenters. The minimum atomic E-state index is 0. The fraction of sp³-hybridized carbons (Fsp3) is 0.294. The van der Waals surface area contributed by atoms with Crippen LogP contribution in [0.1, 0.15) is 23.6 Å². The maximum absolute atomic E-state index is 9.46. The molecule has 1 fully saturated rings. The Morgan fingerprint density at radius 1 is 0.950 bits per heavy atom. The summed E-state index contributed by atoms with van der Waals surface area (Å²) in [6.45, 7) is 1.30. The van der Waals surface area contributed by atoms with E-state index in [4.69, 9.17) is 0 Å². The molecule has 20 heavy (non-hydrogen) atoms. The normalized spacial score (nSPS) is 18.4. The highest BCUT2D eigenvalue weighted by molar-refractivity contribution is 5.85. The average Bonchev–Trinajstić information content (AvgIpc) is 2.46. The van der Waals surface area contributed by atoms with Gasteiger partial charge in [-0.1, -0.05) is 60.7 Å². The van der Waals surface area contributed by atoms with Crippen molar-refractivity contribution in [3.8, 4) is 0 Å². The maximum atomic E-state index is 9.46. The van der Waals surface area contributed by atoms with Crippen molar-refractivity contribution in [2.75, 3.05) is 13.2 Å². The highest BCUT2D eigenvalue weighted by Gasteiger charge is 2.34. The minimum Gasteiger partial charge on any atom is -0.395 e. The summed E-state index contributed by atoms with van der Waals surface area (Å²) in [5.41, 5.74) is 2.60. The van der Waals surface area contributed by atoms with Gasteiger partial charge >= 0.3 is 0 Å². The zero-order valence-electron chi connectivity index (χ0n) is 11.4. The van der Waals surface area contributed by atoms with Crippen molar-refractivity contribution in [1.29, 1.82) is 0 Å². The second kappa shape index (κ2) is 6.89. The molecule has 0 bridgehead atoms. The lowest BCUT2D eigenvalue weighted by atomic mass is 9.91. The van der Waals surface area contributed by atoms with E-state index in [0.29, 0.717) is 6.04 Å². The molecule has 0 aromatic heterocycles. The van der Waals surface area contributed by atoms with Crippen molar-refractivity contribution in [2.24, 2.45) is 0 Å². The first-order valence-corrected chi connectivity index (χ1v) is 6.86. The van der Waals surface area contributed by atoms with Gasteiger partial charge in [-0.25, -0.2) is 0 Å². The number of halogens is 1. The van der Waals surface area contributed by atoms with Crippen LogP contribution in [0, 0.1) is 0 Å². The van der Waals surface area contributed by atoms with Gasteiger partial charge in [-0.2, -0.15) is 0 Å². The highest BCUT2D eigenvalue weighted by Crippen LogP contribution is 2.35. The Morgan fingerprint density at radius 3 is 1.80 bits per heavy atom. The van der Waals surface area contributed by atoms with E-state index in [1.54, 1.807) is 0 Å². The smallest absolute Gasteiger partial charge is 0.0605 e. The summed E-state index contributed by atoms with van der Waals surface area (Å²) < 4.78 is 0. The predicted octanol–water partition coefficient (Wildman–Crippen LogP) is 3.26. The van der Waals surface area contributed by atoms with E-state index in [9.17, 15) is 5.11 Å². The lowest BCUT2D eigenvalue weighted by Crippen LogP contribution is -2.51. The van der Waals surface area contributed by atoms with Gasteiger partial charge in [0.2, 0.25) is 0 Å². The number of rotatable bonds is 4. The molecule has 1 aliphatic rings. The molecule has 0 amide bonds. The van der Waals surface area contributed by atoms with Crippen LogP contribution in [0.25, 0.3) is 0 Å². The van der Waals surface area contributed by atoms with Gasteiger partial charge in [0.1, 0.15) is 0 Å². The van der Waals surface area contributed by atoms with Gasteiger partial charge in [0.15, 0.2) is 0 Å². The lowest BCUT2D eigenvalue weighted by molar-refractivity contribution is 0.0174. The molecule has 0 aliphatic carbocycles. The van der Waals surface area contributed by atoms with Gasteiger partial charge in [0.25, 0.3) is 0 Å². The Balaban J connectivity index is 0.00000147. The van der Waals surface area contributed by atoms with Crippen LogP contribution in [0.15, 0.2) is 60.7 Å². The van der Waals surface area contributed by atoms with Crippen LogP contribution in [0.3, 0.4) is 0 Å². The molecular formula is C17H20ClNO. The standard InChI is InChI=1S/C17H19NO.ClH/c19-13-16-11-12-18(16)17(14-7-3-1-4-8-14)15-9-5-2-6-10-15;/h1-10,16-17,19H,11-13H2;1H. The van der Waals surface area contributed by atoms with E-state index in [0.717, 1.165) is 13.0 Å². The Labute approximate surface area is 126 Å². The van der Waals surface area contributed by atoms with Crippen molar-refractivity contribution in [3.05, 3.63) is 71.8 Å². The van der Waals surface area contributed by atoms with E-state index >= 15 is 0 Å². The molecule has 1 saturated heterocycles. The van der Waals surface area contributed by atoms with Crippen LogP contribution in [0.4, 0.5) is 0 Å². The van der Waals surface area contributed by atoms with Crippen LogP contribution in [-0.2, 0) is 0 Å². The predicted molar refractivity (Wildman–Crippen MR) is 84.2 cm³/mol. The molecule has 2 aromatic carbocycles. The van der Waals surface area contributed by atoms with E-state index in [-0.39, 0.29) is 25.1 Å². The summed E-state index contributed by atoms with van der Waals surface area (Å²) in [5, 5.41) is 9.46. The van der Waals surface area contributed by atoms with Crippen LogP contribution in [-0.4, -0.2) is 29.2 Å². The van der Waals surface area contributed by atoms with Gasteiger partial charge in [-0.15, -0.1) is 12.4 Å². The highest BCUT2D eigenvalue weighted by atomic mass is 35.5. The molecule has 2 nitrogen and oxygen atoms in total. The number of aliphatic hydroxyl groups excluding tert-OH is 1. The van der Waals surface area contributed by atoms with Crippen LogP contribution in [0.2, 0.25) is 0 Å². The van der Waals surface area contributed by atoms with Gasteiger partial charge in [-0.3, -0.25) is 4.90 Å². The Bertz CT molecular complexity index is 476. The number of hydrogen-bond donors (Lipinski definition) is 1. The average molecular weight is 290 g/mol. The number of benzene rings is 2. The van der Waals surface area contributed by atoms with Gasteiger partial charge in [-0.05, 0) is 17.5 Å². The van der Waals surface area contributed by atoms with Gasteiger partial charge in [0, 0.05) is 12.6 Å². The van der Waals surface area contributed by atoms with Crippen LogP contribution < -0.4 is 0 Å². The Morgan fingerprint density at radius 2 is 1.45 bits per heavy atom. The summed E-state index contributed by atoms with van der Waals surface area (Å²) in [4.78, 5) is 2.39. The third-order valence-corrected chi connectivity index (χ3v) is 3.96. The maximum Gasteiger partial charge on any atom is 0.0605 e. The second-order valence-electron chi connectivity index (χ2n) is 5.09. The zero-order valence-corrected chi connectivity index (χ0v) is 12.2. The molecule has 1 N–H and O–H groups in total. The monoisotopic (exact) mass is 289 g/mol. The van der Waals surface area contributed by atoms with Gasteiger partial charge in [0.05, 0.1) is 12.6 Å². The molecule has 1 heterocycles. The van der Waals surface area contributed by atoms with E-state index in [1.165, 1.54) is 11.1 Å². The van der Waals surface area contributed by atoms with E-state index in [2.05, 4.69) is 53.4 Å². The summed E-state index contributed by atoms with van der Waals surface area (Å²) in [6.07, 6.45) is 1.09. The summed E-state index contributed by atoms with van der Waals surface area (Å²) in [5.74, 6) is 0. The molecule has 106 valence electrons. The molecule has 0 radical (unpaired) electrons. The molecule has 3 rings (SSSR count). The summed E-state index contributed by atoms with van der Waals surface area (Å²) >= 11 is 0. The van der Waals surface area contributed by atoms with Crippen molar-refractivity contribution in [2.45, 2.75) is 18.5 Å². The first kappa shape index (κ1) is 15.0. The largest absolute Gasteiger partial charge is 0.395 e. The number of aliphatic hydroxyl groups is 1. The summed E-state index contributed by atoms with van der Waals surface area (Å²) in [7, 11) is 0. The lowest BCUT2D eigenvalue weighted by Gasteiger charge is -2.45. The van der Waals surface area contributed by atoms with Gasteiger partial charge < -0.3 is 5.11 Å². The van der Waals surface area contributed by atoms with Crippen molar-refractivity contribution in [1.82, 2.24) is 4.90 Å². The fourth-order valence-electron chi connectivity index (χ4n) is 2.84. The molecule has 3 heteroatoms. The third-order valence-electron chi connectivity index (χ3n) is 3.96. The minimum absolute atomic E-state index is 0. The van der Waals surface area contributed by atoms with Crippen LogP contribution >= 0.6 is 12.4 Å². The first-order valence-electron chi connectivity index (χ1n) is 6.86. The number of hydrogen-bond acceptors (Lipinski definition) is 2. The molecule has 0 spiro atoms. The van der Waals surface area contributed by atoms with Crippen molar-refractivity contribution >= 4 is 12.4 Å². The zero-order chi connectivity index (χ0) is 13.1. The Hall–Kier alpha value is -1.35. The summed E-state index contributed by atoms with van der Waals surface area (Å²) in [6, 6.07) is 21.7. The molecular weight excluding hydrogens is 270 g/mol. The van der Waals surface area contributed by atoms with E-state index in [1.807, 2.05) is 12.1 Å². The molecule has 1 aliphatic heterocycles. The Kier molecular flexibility index (Phi) is 5.18. The SMILES string of the molecule is Cl.OCC1CCN1C(c1ccccc1)c1ccccc1. The van der Waals surface area contributed by atoms with Crippen molar-refractivity contribution < 1.29 is 5.11 Å². The topological polar surface area (TPSA) is 23.5 Å². The molecule has 1 unspecified atom stereocenters. The number of nitrogens with zero attached hydrogens (tertiary/aromatic N) is 1. The first-order chi connectivity index (χ1) is 9.40. The molecule has 2 aromatic rings. The third kappa shape index (κ3) is 2.88. The second-order valence-corrected chi connectivity index (χ2v) is 5.09. The quantitative estimate of drug-likeness (QED) is 0.934. The number of likely N-dealkylation sites (tertiary alicyclic amines) is 1. The molecule has 0 saturated carbocycles. The van der Waals surface area contributed by atoms with Crippen molar-refractivity contribution in [3.63, 3.8) is 0 Å². The fourth-order valence-corrected chi connectivity index (χ4v) is 2.84. The van der Waals surface area contributed by atoms with E-state index < -0.39 is 0 Å².